The van der Waals surface area contributed by atoms with E-state index in [1.807, 2.05) is 12.1 Å². The SMILES string of the molecule is O=C(Nc1nccs1)c1csc(NCc2ccco2)n1. The van der Waals surface area contributed by atoms with Crippen LogP contribution in [0.25, 0.3) is 0 Å². The molecule has 0 radical (unpaired) electrons. The molecule has 0 aliphatic rings. The van der Waals surface area contributed by atoms with E-state index in [4.69, 9.17) is 4.42 Å². The van der Waals surface area contributed by atoms with Crippen molar-refractivity contribution in [1.82, 2.24) is 9.97 Å². The summed E-state index contributed by atoms with van der Waals surface area (Å²) in [5.74, 6) is 0.552. The van der Waals surface area contributed by atoms with Crippen LogP contribution in [0.5, 0.6) is 0 Å². The van der Waals surface area contributed by atoms with Crippen molar-refractivity contribution in [1.29, 1.82) is 0 Å². The number of hydrogen-bond donors (Lipinski definition) is 2. The fourth-order valence-electron chi connectivity index (χ4n) is 1.48. The third-order valence-electron chi connectivity index (χ3n) is 2.38. The molecular weight excluding hydrogens is 296 g/mol. The molecule has 0 atom stereocenters. The fourth-order valence-corrected chi connectivity index (χ4v) is 2.69. The molecule has 0 spiro atoms. The lowest BCUT2D eigenvalue weighted by Crippen LogP contribution is -2.12. The third kappa shape index (κ3) is 3.03. The van der Waals surface area contributed by atoms with Crippen LogP contribution in [0.15, 0.2) is 39.8 Å². The van der Waals surface area contributed by atoms with Crippen LogP contribution >= 0.6 is 22.7 Å². The highest BCUT2D eigenvalue weighted by atomic mass is 32.1. The monoisotopic (exact) mass is 306 g/mol. The normalized spacial score (nSPS) is 10.4. The number of furan rings is 1. The molecule has 0 aromatic carbocycles. The summed E-state index contributed by atoms with van der Waals surface area (Å²) in [4.78, 5) is 20.1. The summed E-state index contributed by atoms with van der Waals surface area (Å²) in [6.45, 7) is 0.536. The first kappa shape index (κ1) is 12.8. The minimum atomic E-state index is -0.262. The number of nitrogens with zero attached hydrogens (tertiary/aromatic N) is 2. The lowest BCUT2D eigenvalue weighted by molar-refractivity contribution is 0.102. The average molecular weight is 306 g/mol. The van der Waals surface area contributed by atoms with Crippen molar-refractivity contribution < 1.29 is 9.21 Å². The van der Waals surface area contributed by atoms with Crippen LogP contribution in [-0.4, -0.2) is 15.9 Å². The number of aromatic nitrogens is 2. The molecule has 3 rings (SSSR count). The Kier molecular flexibility index (Phi) is 3.75. The average Bonchev–Trinajstić information content (AvgIpc) is 3.19. The smallest absolute Gasteiger partial charge is 0.276 e. The molecule has 0 saturated carbocycles. The van der Waals surface area contributed by atoms with Crippen LogP contribution in [0.1, 0.15) is 16.2 Å². The molecule has 0 saturated heterocycles. The number of nitrogens with one attached hydrogen (secondary N) is 2. The number of hydrogen-bond acceptors (Lipinski definition) is 7. The van der Waals surface area contributed by atoms with Crippen molar-refractivity contribution in [2.45, 2.75) is 6.54 Å². The van der Waals surface area contributed by atoms with Crippen molar-refractivity contribution >= 4 is 38.8 Å². The summed E-state index contributed by atoms with van der Waals surface area (Å²) in [7, 11) is 0. The Balaban J connectivity index is 1.60. The van der Waals surface area contributed by atoms with Crippen molar-refractivity contribution in [2.75, 3.05) is 10.6 Å². The molecule has 0 bridgehead atoms. The molecule has 0 aliphatic heterocycles. The summed E-state index contributed by atoms with van der Waals surface area (Å²) in [6, 6.07) is 3.70. The van der Waals surface area contributed by atoms with Crippen molar-refractivity contribution in [3.63, 3.8) is 0 Å². The first-order valence-electron chi connectivity index (χ1n) is 5.74. The Labute approximate surface area is 122 Å². The van der Waals surface area contributed by atoms with E-state index in [0.29, 0.717) is 22.5 Å². The number of carbonyl (C=O) groups is 1. The summed E-state index contributed by atoms with van der Waals surface area (Å²) >= 11 is 2.74. The Morgan fingerprint density at radius 3 is 3.05 bits per heavy atom. The molecule has 102 valence electrons. The number of thiazole rings is 2. The highest BCUT2D eigenvalue weighted by molar-refractivity contribution is 7.14. The van der Waals surface area contributed by atoms with E-state index < -0.39 is 0 Å². The Hall–Kier alpha value is -2.19. The van der Waals surface area contributed by atoms with Gasteiger partial charge in [0.25, 0.3) is 5.91 Å². The first-order valence-corrected chi connectivity index (χ1v) is 7.50. The maximum Gasteiger partial charge on any atom is 0.276 e. The van der Waals surface area contributed by atoms with Gasteiger partial charge in [-0.25, -0.2) is 9.97 Å². The van der Waals surface area contributed by atoms with Crippen molar-refractivity contribution in [3.8, 4) is 0 Å². The lowest BCUT2D eigenvalue weighted by atomic mass is 10.4. The van der Waals surface area contributed by atoms with Gasteiger partial charge in [0, 0.05) is 17.0 Å². The van der Waals surface area contributed by atoms with E-state index in [2.05, 4.69) is 20.6 Å². The molecular formula is C12H10N4O2S2. The molecule has 20 heavy (non-hydrogen) atoms. The Morgan fingerprint density at radius 1 is 1.35 bits per heavy atom. The molecule has 0 aliphatic carbocycles. The van der Waals surface area contributed by atoms with Gasteiger partial charge in [-0.05, 0) is 12.1 Å². The number of rotatable bonds is 5. The highest BCUT2D eigenvalue weighted by Crippen LogP contribution is 2.18. The number of amides is 1. The third-order valence-corrected chi connectivity index (χ3v) is 3.87. The van der Waals surface area contributed by atoms with Gasteiger partial charge < -0.3 is 9.73 Å². The molecule has 3 heterocycles. The van der Waals surface area contributed by atoms with Crippen molar-refractivity contribution in [3.05, 3.63) is 46.8 Å². The summed E-state index contributed by atoms with van der Waals surface area (Å²) < 4.78 is 5.21. The zero-order valence-corrected chi connectivity index (χ0v) is 11.8. The molecule has 2 N–H and O–H groups in total. The fraction of sp³-hybridized carbons (Fsp3) is 0.0833. The largest absolute Gasteiger partial charge is 0.467 e. The molecule has 8 heteroatoms. The van der Waals surface area contributed by atoms with Gasteiger partial charge in [-0.3, -0.25) is 10.1 Å². The minimum Gasteiger partial charge on any atom is -0.467 e. The van der Waals surface area contributed by atoms with Gasteiger partial charge in [-0.1, -0.05) is 0 Å². The van der Waals surface area contributed by atoms with E-state index in [1.54, 1.807) is 23.2 Å². The topological polar surface area (TPSA) is 80.0 Å². The van der Waals surface area contributed by atoms with Gasteiger partial charge in [0.2, 0.25) is 0 Å². The minimum absolute atomic E-state index is 0.262. The number of carbonyl (C=O) groups excluding carboxylic acids is 1. The van der Waals surface area contributed by atoms with Gasteiger partial charge in [-0.15, -0.1) is 22.7 Å². The maximum atomic E-state index is 11.9. The first-order chi connectivity index (χ1) is 9.81. The standard InChI is InChI=1S/C12H10N4O2S2/c17-10(16-11-13-3-5-19-11)9-7-20-12(15-9)14-6-8-2-1-4-18-8/h1-5,7H,6H2,(H,14,15)(H,13,16,17). The zero-order chi connectivity index (χ0) is 13.8. The van der Waals surface area contributed by atoms with Crippen molar-refractivity contribution in [2.24, 2.45) is 0 Å². The van der Waals surface area contributed by atoms with Gasteiger partial charge >= 0.3 is 0 Å². The molecule has 3 aromatic heterocycles. The highest BCUT2D eigenvalue weighted by Gasteiger charge is 2.12. The molecule has 3 aromatic rings. The summed E-state index contributed by atoms with van der Waals surface area (Å²) in [5.41, 5.74) is 0.368. The van der Waals surface area contributed by atoms with Crippen LogP contribution in [0.4, 0.5) is 10.3 Å². The van der Waals surface area contributed by atoms with E-state index >= 15 is 0 Å². The number of anilines is 2. The van der Waals surface area contributed by atoms with E-state index in [9.17, 15) is 4.79 Å². The van der Waals surface area contributed by atoms with Crippen LogP contribution in [-0.2, 0) is 6.54 Å². The molecule has 6 nitrogen and oxygen atoms in total. The van der Waals surface area contributed by atoms with Gasteiger partial charge in [0.05, 0.1) is 12.8 Å². The second kappa shape index (κ2) is 5.85. The van der Waals surface area contributed by atoms with E-state index in [-0.39, 0.29) is 5.91 Å². The van der Waals surface area contributed by atoms with Crippen LogP contribution in [0.3, 0.4) is 0 Å². The molecule has 0 fully saturated rings. The quantitative estimate of drug-likeness (QED) is 0.757. The second-order valence-corrected chi connectivity index (χ2v) is 5.51. The predicted molar refractivity (Wildman–Crippen MR) is 78.2 cm³/mol. The van der Waals surface area contributed by atoms with Gasteiger partial charge in [0.15, 0.2) is 10.3 Å². The molecule has 0 unspecified atom stereocenters. The Morgan fingerprint density at radius 2 is 2.30 bits per heavy atom. The lowest BCUT2D eigenvalue weighted by Gasteiger charge is -1.99. The van der Waals surface area contributed by atoms with Gasteiger partial charge in [0.1, 0.15) is 11.5 Å². The Bertz CT molecular complexity index is 676. The zero-order valence-electron chi connectivity index (χ0n) is 10.2. The molecule has 1 amide bonds. The summed E-state index contributed by atoms with van der Waals surface area (Å²) in [6.07, 6.45) is 3.25. The second-order valence-electron chi connectivity index (χ2n) is 3.76. The van der Waals surface area contributed by atoms with Crippen LogP contribution in [0.2, 0.25) is 0 Å². The van der Waals surface area contributed by atoms with E-state index in [1.165, 1.54) is 22.7 Å². The summed E-state index contributed by atoms with van der Waals surface area (Å²) in [5, 5.41) is 10.5. The van der Waals surface area contributed by atoms with E-state index in [0.717, 1.165) is 5.76 Å². The van der Waals surface area contributed by atoms with Crippen LogP contribution in [0, 0.1) is 0 Å². The van der Waals surface area contributed by atoms with Crippen LogP contribution < -0.4 is 10.6 Å². The van der Waals surface area contributed by atoms with Gasteiger partial charge in [-0.2, -0.15) is 0 Å². The predicted octanol–water partition coefficient (Wildman–Crippen LogP) is 3.06. The maximum absolute atomic E-state index is 11.9.